The lowest BCUT2D eigenvalue weighted by atomic mass is 9.95. The highest BCUT2D eigenvalue weighted by Gasteiger charge is 2.46. The third kappa shape index (κ3) is 6.55. The lowest BCUT2D eigenvalue weighted by Gasteiger charge is -2.29. The van der Waals surface area contributed by atoms with Gasteiger partial charge < -0.3 is 24.2 Å². The summed E-state index contributed by atoms with van der Waals surface area (Å²) >= 11 is 0. The molecule has 8 heteroatoms. The molecule has 0 saturated carbocycles. The second kappa shape index (κ2) is 12.9. The normalized spacial score (nSPS) is 19.8. The van der Waals surface area contributed by atoms with Gasteiger partial charge in [0.25, 0.3) is 11.7 Å². The molecule has 1 amide bonds. The van der Waals surface area contributed by atoms with E-state index in [1.54, 1.807) is 29.2 Å². The predicted octanol–water partition coefficient (Wildman–Crippen LogP) is 4.41. The summed E-state index contributed by atoms with van der Waals surface area (Å²) in [4.78, 5) is 30.5. The Morgan fingerprint density at radius 1 is 1.05 bits per heavy atom. The van der Waals surface area contributed by atoms with Crippen molar-refractivity contribution in [1.82, 2.24) is 9.80 Å². The number of amides is 1. The van der Waals surface area contributed by atoms with Crippen LogP contribution >= 0.6 is 0 Å². The van der Waals surface area contributed by atoms with Crippen LogP contribution in [-0.2, 0) is 14.3 Å². The molecule has 2 fully saturated rings. The van der Waals surface area contributed by atoms with Crippen molar-refractivity contribution < 1.29 is 28.9 Å². The molecule has 0 radical (unpaired) electrons. The third-order valence-electron chi connectivity index (χ3n) is 6.66. The molecule has 2 heterocycles. The minimum Gasteiger partial charge on any atom is -0.507 e. The lowest BCUT2D eigenvalue weighted by molar-refractivity contribution is -0.140. The molecule has 2 aromatic carbocycles. The summed E-state index contributed by atoms with van der Waals surface area (Å²) in [5.74, 6) is -0.143. The Morgan fingerprint density at radius 3 is 2.47 bits per heavy atom. The second-order valence-electron chi connectivity index (χ2n) is 9.91. The van der Waals surface area contributed by atoms with Crippen LogP contribution in [-0.4, -0.2) is 78.7 Å². The molecular formula is C30H38N2O6. The summed E-state index contributed by atoms with van der Waals surface area (Å²) in [6.45, 7) is 10.8. The van der Waals surface area contributed by atoms with Crippen molar-refractivity contribution in [1.29, 1.82) is 0 Å². The fourth-order valence-electron chi connectivity index (χ4n) is 4.86. The van der Waals surface area contributed by atoms with E-state index >= 15 is 0 Å². The van der Waals surface area contributed by atoms with E-state index in [2.05, 4.69) is 4.90 Å². The second-order valence-corrected chi connectivity index (χ2v) is 9.91. The van der Waals surface area contributed by atoms with Gasteiger partial charge in [-0.25, -0.2) is 0 Å². The van der Waals surface area contributed by atoms with E-state index in [1.165, 1.54) is 0 Å². The third-order valence-corrected chi connectivity index (χ3v) is 6.66. The zero-order valence-corrected chi connectivity index (χ0v) is 22.5. The molecule has 1 atom stereocenters. The lowest BCUT2D eigenvalue weighted by Crippen LogP contribution is -2.38. The molecule has 2 aliphatic rings. The summed E-state index contributed by atoms with van der Waals surface area (Å²) < 4.78 is 17.0. The standard InChI is InChI=1S/C30H38N2O6/c1-4-17-37-25-8-5-7-23(20-25)27-26(28(33)22-9-11-24(12-10-22)38-21(2)3)29(34)30(35)32(27)14-6-13-31-15-18-36-19-16-31/h5,7-12,20-21,27,33H,4,6,13-19H2,1-3H3/t27-/m1/s1. The first-order valence-corrected chi connectivity index (χ1v) is 13.5. The van der Waals surface area contributed by atoms with Gasteiger partial charge in [0.15, 0.2) is 0 Å². The Morgan fingerprint density at radius 2 is 1.79 bits per heavy atom. The molecule has 0 unspecified atom stereocenters. The number of benzene rings is 2. The largest absolute Gasteiger partial charge is 0.507 e. The molecule has 8 nitrogen and oxygen atoms in total. The van der Waals surface area contributed by atoms with Crippen LogP contribution in [0.15, 0.2) is 54.1 Å². The average molecular weight is 523 g/mol. The van der Waals surface area contributed by atoms with Gasteiger partial charge in [-0.05, 0) is 68.7 Å². The van der Waals surface area contributed by atoms with Crippen LogP contribution in [0.5, 0.6) is 11.5 Å². The van der Waals surface area contributed by atoms with E-state index in [0.717, 1.165) is 31.6 Å². The summed E-state index contributed by atoms with van der Waals surface area (Å²) in [6, 6.07) is 13.6. The van der Waals surface area contributed by atoms with E-state index in [0.29, 0.717) is 49.8 Å². The van der Waals surface area contributed by atoms with Gasteiger partial charge in [0.05, 0.1) is 37.5 Å². The highest BCUT2D eigenvalue weighted by molar-refractivity contribution is 6.46. The first-order valence-electron chi connectivity index (χ1n) is 13.5. The minimum atomic E-state index is -0.712. The fourth-order valence-corrected chi connectivity index (χ4v) is 4.86. The van der Waals surface area contributed by atoms with Gasteiger partial charge in [0.1, 0.15) is 17.3 Å². The number of hydrogen-bond acceptors (Lipinski definition) is 7. The van der Waals surface area contributed by atoms with Gasteiger partial charge in [-0.1, -0.05) is 19.1 Å². The van der Waals surface area contributed by atoms with Crippen molar-refractivity contribution in [3.8, 4) is 11.5 Å². The minimum absolute atomic E-state index is 0.0134. The molecular weight excluding hydrogens is 484 g/mol. The number of ketones is 1. The summed E-state index contributed by atoms with van der Waals surface area (Å²) in [6.07, 6.45) is 1.58. The van der Waals surface area contributed by atoms with Gasteiger partial charge >= 0.3 is 0 Å². The van der Waals surface area contributed by atoms with E-state index in [9.17, 15) is 14.7 Å². The Kier molecular flexibility index (Phi) is 9.42. The number of hydrogen-bond donors (Lipinski definition) is 1. The Hall–Kier alpha value is -3.36. The molecule has 0 spiro atoms. The summed E-state index contributed by atoms with van der Waals surface area (Å²) in [5.41, 5.74) is 1.27. The maximum absolute atomic E-state index is 13.4. The fraction of sp³-hybridized carbons (Fsp3) is 0.467. The van der Waals surface area contributed by atoms with Crippen molar-refractivity contribution in [3.05, 3.63) is 65.2 Å². The molecule has 2 saturated heterocycles. The van der Waals surface area contributed by atoms with Gasteiger partial charge in [0.2, 0.25) is 0 Å². The topological polar surface area (TPSA) is 88.5 Å². The van der Waals surface area contributed by atoms with Gasteiger partial charge in [-0.2, -0.15) is 0 Å². The highest BCUT2D eigenvalue weighted by Crippen LogP contribution is 2.40. The van der Waals surface area contributed by atoms with Crippen molar-refractivity contribution in [2.45, 2.75) is 45.8 Å². The number of nitrogens with zero attached hydrogens (tertiary/aromatic N) is 2. The van der Waals surface area contributed by atoms with Crippen LogP contribution in [0.1, 0.15) is 50.8 Å². The number of Topliss-reactive ketones (excluding diaryl/α,β-unsaturated/α-hetero) is 1. The van der Waals surface area contributed by atoms with E-state index in [1.807, 2.05) is 45.0 Å². The Labute approximate surface area is 224 Å². The first kappa shape index (κ1) is 27.7. The molecule has 1 N–H and O–H groups in total. The van der Waals surface area contributed by atoms with Crippen molar-refractivity contribution in [2.75, 3.05) is 46.0 Å². The molecule has 2 aromatic rings. The number of carbonyl (C=O) groups is 2. The van der Waals surface area contributed by atoms with E-state index in [-0.39, 0.29) is 17.4 Å². The van der Waals surface area contributed by atoms with Crippen LogP contribution in [0.4, 0.5) is 0 Å². The zero-order valence-electron chi connectivity index (χ0n) is 22.5. The molecule has 2 aliphatic heterocycles. The van der Waals surface area contributed by atoms with Crippen LogP contribution in [0.25, 0.3) is 5.76 Å². The molecule has 38 heavy (non-hydrogen) atoms. The van der Waals surface area contributed by atoms with Crippen LogP contribution in [0.3, 0.4) is 0 Å². The number of aliphatic hydroxyl groups is 1. The number of likely N-dealkylation sites (tertiary alicyclic amines) is 1. The van der Waals surface area contributed by atoms with E-state index < -0.39 is 17.7 Å². The van der Waals surface area contributed by atoms with Gasteiger partial charge in [0, 0.05) is 31.7 Å². The monoisotopic (exact) mass is 522 g/mol. The van der Waals surface area contributed by atoms with Crippen LogP contribution < -0.4 is 9.47 Å². The van der Waals surface area contributed by atoms with Gasteiger partial charge in [-0.3, -0.25) is 14.5 Å². The maximum Gasteiger partial charge on any atom is 0.295 e. The van der Waals surface area contributed by atoms with Crippen LogP contribution in [0.2, 0.25) is 0 Å². The first-order chi connectivity index (χ1) is 18.4. The average Bonchev–Trinajstić information content (AvgIpc) is 3.17. The number of ether oxygens (including phenoxy) is 3. The van der Waals surface area contributed by atoms with Gasteiger partial charge in [-0.15, -0.1) is 0 Å². The highest BCUT2D eigenvalue weighted by atomic mass is 16.5. The number of carbonyl (C=O) groups excluding carboxylic acids is 2. The maximum atomic E-state index is 13.4. The molecule has 204 valence electrons. The molecule has 0 aromatic heterocycles. The Balaban J connectivity index is 1.66. The van der Waals surface area contributed by atoms with Crippen molar-refractivity contribution in [3.63, 3.8) is 0 Å². The number of aliphatic hydroxyl groups excluding tert-OH is 1. The van der Waals surface area contributed by atoms with E-state index in [4.69, 9.17) is 14.2 Å². The summed E-state index contributed by atoms with van der Waals surface area (Å²) in [7, 11) is 0. The Bertz CT molecular complexity index is 1140. The number of morpholine rings is 1. The smallest absolute Gasteiger partial charge is 0.295 e. The SMILES string of the molecule is CCCOc1cccc([C@@H]2C(=C(O)c3ccc(OC(C)C)cc3)C(=O)C(=O)N2CCCN2CCOCC2)c1. The summed E-state index contributed by atoms with van der Waals surface area (Å²) in [5, 5.41) is 11.4. The molecule has 0 bridgehead atoms. The van der Waals surface area contributed by atoms with Crippen molar-refractivity contribution >= 4 is 17.4 Å². The van der Waals surface area contributed by atoms with Crippen molar-refractivity contribution in [2.24, 2.45) is 0 Å². The zero-order chi connectivity index (χ0) is 27.1. The predicted molar refractivity (Wildman–Crippen MR) is 145 cm³/mol. The quantitative estimate of drug-likeness (QED) is 0.266. The molecule has 4 rings (SSSR count). The molecule has 0 aliphatic carbocycles. The van der Waals surface area contributed by atoms with Crippen LogP contribution in [0, 0.1) is 0 Å². The number of rotatable bonds is 11.